The summed E-state index contributed by atoms with van der Waals surface area (Å²) < 4.78 is 4.99. The maximum atomic E-state index is 13.6. The number of esters is 1. The van der Waals surface area contributed by atoms with Gasteiger partial charge in [0, 0.05) is 21.8 Å². The van der Waals surface area contributed by atoms with Crippen molar-refractivity contribution in [2.24, 2.45) is 0 Å². The van der Waals surface area contributed by atoms with E-state index in [0.717, 1.165) is 21.6 Å². The van der Waals surface area contributed by atoms with Gasteiger partial charge >= 0.3 is 5.97 Å². The van der Waals surface area contributed by atoms with E-state index in [4.69, 9.17) is 4.74 Å². The minimum absolute atomic E-state index is 0.0720. The van der Waals surface area contributed by atoms with Crippen LogP contribution in [0.2, 0.25) is 0 Å². The summed E-state index contributed by atoms with van der Waals surface area (Å²) in [7, 11) is 0. The average molecular weight is 656 g/mol. The molecule has 0 radical (unpaired) electrons. The van der Waals surface area contributed by atoms with Crippen molar-refractivity contribution in [3.05, 3.63) is 156 Å². The van der Waals surface area contributed by atoms with Crippen LogP contribution in [-0.4, -0.2) is 36.1 Å². The zero-order valence-corrected chi connectivity index (χ0v) is 27.0. The number of carbonyl (C=O) groups is 4. The normalized spacial score (nSPS) is 10.9. The van der Waals surface area contributed by atoms with E-state index >= 15 is 0 Å². The predicted molar refractivity (Wildman–Crippen MR) is 191 cm³/mol. The first-order chi connectivity index (χ1) is 23.4. The number of ether oxygens (including phenoxy) is 1. The number of hydrogen-bond donors (Lipinski definition) is 3. The van der Waals surface area contributed by atoms with Crippen molar-refractivity contribution in [2.75, 3.05) is 23.0 Å². The number of rotatable bonds is 12. The lowest BCUT2D eigenvalue weighted by Crippen LogP contribution is -2.30. The number of nitrogens with one attached hydrogen (secondary N) is 3. The Kier molecular flexibility index (Phi) is 11.5. The third-order valence-corrected chi connectivity index (χ3v) is 7.99. The van der Waals surface area contributed by atoms with Gasteiger partial charge < -0.3 is 20.7 Å². The molecule has 5 aromatic carbocycles. The number of anilines is 2. The van der Waals surface area contributed by atoms with Crippen LogP contribution >= 0.6 is 11.8 Å². The van der Waals surface area contributed by atoms with Gasteiger partial charge in [-0.3, -0.25) is 14.4 Å². The number of amides is 3. The largest absolute Gasteiger partial charge is 0.462 e. The fraction of sp³-hybridized carbons (Fsp3) is 0.0769. The molecule has 0 spiro atoms. The molecule has 8 nitrogen and oxygen atoms in total. The monoisotopic (exact) mass is 655 g/mol. The first kappa shape index (κ1) is 33.4. The summed E-state index contributed by atoms with van der Waals surface area (Å²) in [5.41, 5.74) is 4.79. The lowest BCUT2D eigenvalue weighted by Gasteiger charge is -2.12. The number of carbonyl (C=O) groups excluding carboxylic acids is 4. The second-order valence-corrected chi connectivity index (χ2v) is 11.5. The summed E-state index contributed by atoms with van der Waals surface area (Å²) in [6.07, 6.45) is 1.63. The zero-order chi connectivity index (χ0) is 33.7. The van der Waals surface area contributed by atoms with Gasteiger partial charge in [-0.2, -0.15) is 0 Å². The molecule has 3 N–H and O–H groups in total. The highest BCUT2D eigenvalue weighted by molar-refractivity contribution is 8.00. The standard InChI is InChI=1S/C39H33N3O5S/c1-2-47-39(46)31-20-22-32(23-21-31)40-36(43)26-48-34-15-9-14-33(25-34)41-38(45)35(42-37(44)30-12-7-4-8-13-30)24-27-16-18-29(19-17-27)28-10-5-3-6-11-28/h3-25H,2,26H2,1H3,(H,40,43)(H,41,45)(H,42,44)/b35-24+. The van der Waals surface area contributed by atoms with Crippen molar-refractivity contribution in [1.29, 1.82) is 0 Å². The predicted octanol–water partition coefficient (Wildman–Crippen LogP) is 7.67. The zero-order valence-electron chi connectivity index (χ0n) is 26.1. The van der Waals surface area contributed by atoms with Gasteiger partial charge in [0.1, 0.15) is 5.70 Å². The molecule has 0 saturated heterocycles. The van der Waals surface area contributed by atoms with Crippen LogP contribution in [0.25, 0.3) is 17.2 Å². The Labute approximate surface area is 283 Å². The summed E-state index contributed by atoms with van der Waals surface area (Å²) in [6.45, 7) is 2.02. The van der Waals surface area contributed by atoms with Gasteiger partial charge in [-0.25, -0.2) is 4.79 Å². The molecule has 0 heterocycles. The van der Waals surface area contributed by atoms with Crippen LogP contribution in [0.15, 0.2) is 144 Å². The molecule has 0 aromatic heterocycles. The van der Waals surface area contributed by atoms with Crippen molar-refractivity contribution in [3.63, 3.8) is 0 Å². The quantitative estimate of drug-likeness (QED) is 0.0722. The van der Waals surface area contributed by atoms with Gasteiger partial charge in [-0.05, 0) is 84.3 Å². The first-order valence-corrected chi connectivity index (χ1v) is 16.2. The van der Waals surface area contributed by atoms with Crippen LogP contribution in [0, 0.1) is 0 Å². The minimum atomic E-state index is -0.502. The maximum absolute atomic E-state index is 13.6. The summed E-state index contributed by atoms with van der Waals surface area (Å²) in [5, 5.41) is 8.45. The molecule has 9 heteroatoms. The SMILES string of the molecule is CCOC(=O)c1ccc(NC(=O)CSc2cccc(NC(=O)/C(=C\c3ccc(-c4ccccc4)cc3)NC(=O)c3ccccc3)c2)cc1. The fourth-order valence-electron chi connectivity index (χ4n) is 4.62. The fourth-order valence-corrected chi connectivity index (χ4v) is 5.38. The molecule has 0 aliphatic heterocycles. The second-order valence-electron chi connectivity index (χ2n) is 10.5. The van der Waals surface area contributed by atoms with Crippen LogP contribution < -0.4 is 16.0 Å². The Bertz CT molecular complexity index is 1910. The third-order valence-electron chi connectivity index (χ3n) is 7.00. The molecule has 0 atom stereocenters. The summed E-state index contributed by atoms with van der Waals surface area (Å²) in [6, 6.07) is 39.9. The Balaban J connectivity index is 1.25. The third kappa shape index (κ3) is 9.54. The summed E-state index contributed by atoms with van der Waals surface area (Å²) in [5.74, 6) is -1.45. The van der Waals surface area contributed by atoms with Gasteiger partial charge in [0.2, 0.25) is 5.91 Å². The number of benzene rings is 5. The van der Waals surface area contributed by atoms with Crippen LogP contribution in [-0.2, 0) is 14.3 Å². The highest BCUT2D eigenvalue weighted by Gasteiger charge is 2.16. The molecule has 5 rings (SSSR count). The van der Waals surface area contributed by atoms with E-state index in [1.54, 1.807) is 79.7 Å². The molecular weight excluding hydrogens is 623 g/mol. The summed E-state index contributed by atoms with van der Waals surface area (Å²) in [4.78, 5) is 51.8. The van der Waals surface area contributed by atoms with Gasteiger partial charge in [-0.1, -0.05) is 78.9 Å². The maximum Gasteiger partial charge on any atom is 0.338 e. The van der Waals surface area contributed by atoms with E-state index in [9.17, 15) is 19.2 Å². The summed E-state index contributed by atoms with van der Waals surface area (Å²) >= 11 is 1.30. The smallest absolute Gasteiger partial charge is 0.338 e. The van der Waals surface area contributed by atoms with Gasteiger partial charge in [-0.15, -0.1) is 11.8 Å². The molecule has 240 valence electrons. The van der Waals surface area contributed by atoms with Gasteiger partial charge in [0.15, 0.2) is 0 Å². The van der Waals surface area contributed by atoms with Crippen LogP contribution in [0.1, 0.15) is 33.2 Å². The highest BCUT2D eigenvalue weighted by Crippen LogP contribution is 2.24. The highest BCUT2D eigenvalue weighted by atomic mass is 32.2. The Morgan fingerprint density at radius 2 is 1.33 bits per heavy atom. The molecule has 3 amide bonds. The molecule has 5 aromatic rings. The Morgan fingerprint density at radius 3 is 2.02 bits per heavy atom. The number of hydrogen-bond acceptors (Lipinski definition) is 6. The second kappa shape index (κ2) is 16.6. The van der Waals surface area contributed by atoms with E-state index in [0.29, 0.717) is 22.5 Å². The van der Waals surface area contributed by atoms with E-state index in [1.807, 2.05) is 66.7 Å². The van der Waals surface area contributed by atoms with Crippen LogP contribution in [0.3, 0.4) is 0 Å². The molecule has 0 saturated carbocycles. The topological polar surface area (TPSA) is 114 Å². The Morgan fingerprint density at radius 1 is 0.667 bits per heavy atom. The van der Waals surface area contributed by atoms with E-state index in [-0.39, 0.29) is 24.0 Å². The molecule has 0 bridgehead atoms. The van der Waals surface area contributed by atoms with Crippen molar-refractivity contribution < 1.29 is 23.9 Å². The molecule has 0 aliphatic carbocycles. The van der Waals surface area contributed by atoms with Crippen LogP contribution in [0.5, 0.6) is 0 Å². The van der Waals surface area contributed by atoms with Crippen molar-refractivity contribution in [3.8, 4) is 11.1 Å². The lowest BCUT2D eigenvalue weighted by molar-refractivity contribution is -0.114. The van der Waals surface area contributed by atoms with Gasteiger partial charge in [0.05, 0.1) is 17.9 Å². The van der Waals surface area contributed by atoms with Crippen molar-refractivity contribution in [1.82, 2.24) is 5.32 Å². The number of thioether (sulfide) groups is 1. The molecular formula is C39H33N3O5S. The van der Waals surface area contributed by atoms with Crippen molar-refractivity contribution in [2.45, 2.75) is 11.8 Å². The van der Waals surface area contributed by atoms with Crippen molar-refractivity contribution >= 4 is 52.9 Å². The first-order valence-electron chi connectivity index (χ1n) is 15.2. The average Bonchev–Trinajstić information content (AvgIpc) is 3.12. The molecule has 0 fully saturated rings. The molecule has 0 unspecified atom stereocenters. The molecule has 48 heavy (non-hydrogen) atoms. The van der Waals surface area contributed by atoms with E-state index < -0.39 is 17.8 Å². The van der Waals surface area contributed by atoms with E-state index in [1.165, 1.54) is 11.8 Å². The Hall–Kier alpha value is -5.93. The molecule has 0 aliphatic rings. The van der Waals surface area contributed by atoms with Gasteiger partial charge in [0.25, 0.3) is 11.8 Å². The van der Waals surface area contributed by atoms with E-state index in [2.05, 4.69) is 16.0 Å². The minimum Gasteiger partial charge on any atom is -0.462 e. The lowest BCUT2D eigenvalue weighted by atomic mass is 10.0. The van der Waals surface area contributed by atoms with Crippen LogP contribution in [0.4, 0.5) is 11.4 Å².